The van der Waals surface area contributed by atoms with Crippen molar-refractivity contribution in [1.29, 1.82) is 0 Å². The van der Waals surface area contributed by atoms with Gasteiger partial charge in [0.05, 0.1) is 7.11 Å². The number of aliphatic imine (C=N–C) groups is 1. The van der Waals surface area contributed by atoms with E-state index in [1.165, 1.54) is 55.2 Å². The number of guanidine groups is 1. The van der Waals surface area contributed by atoms with E-state index in [4.69, 9.17) is 4.74 Å². The van der Waals surface area contributed by atoms with Gasteiger partial charge in [0.1, 0.15) is 5.75 Å². The van der Waals surface area contributed by atoms with Gasteiger partial charge in [0.25, 0.3) is 0 Å². The van der Waals surface area contributed by atoms with Gasteiger partial charge in [-0.25, -0.2) is 0 Å². The first kappa shape index (κ1) is 22.7. The Morgan fingerprint density at radius 3 is 2.54 bits per heavy atom. The summed E-state index contributed by atoms with van der Waals surface area (Å²) in [5.74, 6) is 1.78. The molecule has 2 aromatic rings. The minimum atomic E-state index is 0. The van der Waals surface area contributed by atoms with E-state index in [1.807, 2.05) is 13.1 Å². The van der Waals surface area contributed by atoms with E-state index >= 15 is 0 Å². The molecule has 28 heavy (non-hydrogen) atoms. The molecule has 1 aliphatic rings. The predicted molar refractivity (Wildman–Crippen MR) is 129 cm³/mol. The van der Waals surface area contributed by atoms with Crippen LogP contribution >= 0.6 is 24.0 Å². The van der Waals surface area contributed by atoms with Crippen molar-refractivity contribution in [3.8, 4) is 5.75 Å². The first-order valence-electron chi connectivity index (χ1n) is 9.98. The van der Waals surface area contributed by atoms with Crippen LogP contribution in [-0.2, 0) is 6.54 Å². The molecule has 0 bridgehead atoms. The fraction of sp³-hybridized carbons (Fsp3) is 0.500. The second kappa shape index (κ2) is 11.5. The summed E-state index contributed by atoms with van der Waals surface area (Å²) in [5.41, 5.74) is 1.24. The van der Waals surface area contributed by atoms with Gasteiger partial charge in [-0.15, -0.1) is 24.0 Å². The second-order valence-corrected chi connectivity index (χ2v) is 7.23. The third-order valence-electron chi connectivity index (χ3n) is 5.26. The van der Waals surface area contributed by atoms with Gasteiger partial charge < -0.3 is 20.3 Å². The van der Waals surface area contributed by atoms with E-state index in [1.54, 1.807) is 7.11 Å². The number of nitrogens with zero attached hydrogens (tertiary/aromatic N) is 2. The van der Waals surface area contributed by atoms with Crippen molar-refractivity contribution in [3.05, 3.63) is 42.0 Å². The maximum absolute atomic E-state index is 5.30. The summed E-state index contributed by atoms with van der Waals surface area (Å²) in [6, 6.07) is 13.2. The lowest BCUT2D eigenvalue weighted by atomic mass is 10.1. The molecule has 5 nitrogen and oxygen atoms in total. The molecule has 0 radical (unpaired) electrons. The second-order valence-electron chi connectivity index (χ2n) is 7.23. The van der Waals surface area contributed by atoms with Gasteiger partial charge in [0.2, 0.25) is 0 Å². The monoisotopic (exact) mass is 496 g/mol. The van der Waals surface area contributed by atoms with Crippen LogP contribution < -0.4 is 15.4 Å². The molecule has 2 aromatic carbocycles. The Labute approximate surface area is 185 Å². The number of halogens is 1. The Hall–Kier alpha value is -1.54. The average Bonchev–Trinajstić information content (AvgIpc) is 2.72. The first-order valence-corrected chi connectivity index (χ1v) is 9.98. The number of likely N-dealkylation sites (tertiary alicyclic amines) is 1. The summed E-state index contributed by atoms with van der Waals surface area (Å²) in [7, 11) is 3.54. The van der Waals surface area contributed by atoms with Crippen LogP contribution in [0.2, 0.25) is 0 Å². The minimum Gasteiger partial charge on any atom is -0.497 e. The van der Waals surface area contributed by atoms with Gasteiger partial charge in [0, 0.05) is 32.7 Å². The molecular formula is C22H33IN4O. The van der Waals surface area contributed by atoms with Crippen molar-refractivity contribution < 1.29 is 4.74 Å². The van der Waals surface area contributed by atoms with E-state index in [2.05, 4.69) is 57.8 Å². The number of benzene rings is 2. The third kappa shape index (κ3) is 6.24. The molecule has 0 unspecified atom stereocenters. The van der Waals surface area contributed by atoms with E-state index < -0.39 is 0 Å². The summed E-state index contributed by atoms with van der Waals surface area (Å²) in [6.07, 6.45) is 3.59. The Morgan fingerprint density at radius 1 is 1.14 bits per heavy atom. The van der Waals surface area contributed by atoms with E-state index in [0.29, 0.717) is 6.04 Å². The van der Waals surface area contributed by atoms with Crippen LogP contribution in [0.15, 0.2) is 41.4 Å². The lowest BCUT2D eigenvalue weighted by Crippen LogP contribution is -2.48. The highest BCUT2D eigenvalue weighted by molar-refractivity contribution is 14.0. The zero-order valence-corrected chi connectivity index (χ0v) is 19.5. The standard InChI is InChI=1S/C22H32N4O.HI/c1-4-11-26-12-9-20(10-13-26)25-22(23-2)24-16-17-5-6-19-15-21(27-3)8-7-18(19)14-17;/h5-8,14-15,20H,4,9-13,16H2,1-3H3,(H2,23,24,25);1H. The van der Waals surface area contributed by atoms with Crippen molar-refractivity contribution in [2.45, 2.75) is 38.8 Å². The lowest BCUT2D eigenvalue weighted by Gasteiger charge is -2.32. The van der Waals surface area contributed by atoms with Crippen LogP contribution in [0.25, 0.3) is 10.8 Å². The van der Waals surface area contributed by atoms with Crippen molar-refractivity contribution in [3.63, 3.8) is 0 Å². The van der Waals surface area contributed by atoms with Crippen LogP contribution in [0.1, 0.15) is 31.7 Å². The highest BCUT2D eigenvalue weighted by atomic mass is 127. The fourth-order valence-corrected chi connectivity index (χ4v) is 3.70. The number of hydrogen-bond acceptors (Lipinski definition) is 3. The largest absolute Gasteiger partial charge is 0.497 e. The molecule has 6 heteroatoms. The van der Waals surface area contributed by atoms with Crippen LogP contribution in [0.4, 0.5) is 0 Å². The average molecular weight is 496 g/mol. The minimum absolute atomic E-state index is 0. The molecule has 1 aliphatic heterocycles. The van der Waals surface area contributed by atoms with Gasteiger partial charge in [0.15, 0.2) is 5.96 Å². The summed E-state index contributed by atoms with van der Waals surface area (Å²) < 4.78 is 5.30. The smallest absolute Gasteiger partial charge is 0.191 e. The number of hydrogen-bond donors (Lipinski definition) is 2. The number of ether oxygens (including phenoxy) is 1. The number of rotatable bonds is 6. The van der Waals surface area contributed by atoms with Crippen molar-refractivity contribution in [1.82, 2.24) is 15.5 Å². The summed E-state index contributed by atoms with van der Waals surface area (Å²) >= 11 is 0. The third-order valence-corrected chi connectivity index (χ3v) is 5.26. The molecule has 0 atom stereocenters. The molecule has 3 rings (SSSR count). The quantitative estimate of drug-likeness (QED) is 0.361. The topological polar surface area (TPSA) is 48.9 Å². The zero-order chi connectivity index (χ0) is 19.1. The van der Waals surface area contributed by atoms with Gasteiger partial charge >= 0.3 is 0 Å². The zero-order valence-electron chi connectivity index (χ0n) is 17.2. The molecule has 1 saturated heterocycles. The Morgan fingerprint density at radius 2 is 1.86 bits per heavy atom. The number of methoxy groups -OCH3 is 1. The highest BCUT2D eigenvalue weighted by Crippen LogP contribution is 2.21. The molecule has 1 heterocycles. The van der Waals surface area contributed by atoms with E-state index in [0.717, 1.165) is 18.3 Å². The van der Waals surface area contributed by atoms with E-state index in [-0.39, 0.29) is 24.0 Å². The molecular weight excluding hydrogens is 463 g/mol. The van der Waals surface area contributed by atoms with Crippen LogP contribution in [0.3, 0.4) is 0 Å². The molecule has 0 amide bonds. The molecule has 0 aromatic heterocycles. The Kier molecular flexibility index (Phi) is 9.31. The summed E-state index contributed by atoms with van der Waals surface area (Å²) in [5, 5.41) is 9.46. The highest BCUT2D eigenvalue weighted by Gasteiger charge is 2.19. The summed E-state index contributed by atoms with van der Waals surface area (Å²) in [6.45, 7) is 6.58. The van der Waals surface area contributed by atoms with Crippen LogP contribution in [-0.4, -0.2) is 50.7 Å². The van der Waals surface area contributed by atoms with Crippen molar-refractivity contribution in [2.24, 2.45) is 4.99 Å². The normalized spacial score (nSPS) is 15.9. The Balaban J connectivity index is 0.00000280. The van der Waals surface area contributed by atoms with Gasteiger partial charge in [-0.3, -0.25) is 4.99 Å². The van der Waals surface area contributed by atoms with Gasteiger partial charge in [-0.2, -0.15) is 0 Å². The maximum atomic E-state index is 5.30. The van der Waals surface area contributed by atoms with Gasteiger partial charge in [-0.05, 0) is 60.3 Å². The maximum Gasteiger partial charge on any atom is 0.191 e. The molecule has 154 valence electrons. The van der Waals surface area contributed by atoms with Crippen molar-refractivity contribution in [2.75, 3.05) is 33.8 Å². The van der Waals surface area contributed by atoms with Crippen LogP contribution in [0.5, 0.6) is 5.75 Å². The predicted octanol–water partition coefficient (Wildman–Crippen LogP) is 4.01. The van der Waals surface area contributed by atoms with Gasteiger partial charge in [-0.1, -0.05) is 25.1 Å². The van der Waals surface area contributed by atoms with Crippen LogP contribution in [0, 0.1) is 0 Å². The molecule has 1 fully saturated rings. The number of nitrogens with one attached hydrogen (secondary N) is 2. The Bertz CT molecular complexity index is 772. The molecule has 0 saturated carbocycles. The fourth-order valence-electron chi connectivity index (χ4n) is 3.70. The molecule has 0 aliphatic carbocycles. The number of fused-ring (bicyclic) bond motifs is 1. The SMILES string of the molecule is CCCN1CCC(NC(=NC)NCc2ccc3cc(OC)ccc3c2)CC1.I. The summed E-state index contributed by atoms with van der Waals surface area (Å²) in [4.78, 5) is 6.96. The van der Waals surface area contributed by atoms with Crippen molar-refractivity contribution >= 4 is 40.7 Å². The first-order chi connectivity index (χ1) is 13.2. The molecule has 2 N–H and O–H groups in total. The number of piperidine rings is 1. The van der Waals surface area contributed by atoms with E-state index in [9.17, 15) is 0 Å². The lowest BCUT2D eigenvalue weighted by molar-refractivity contribution is 0.206. The molecule has 0 spiro atoms.